The topological polar surface area (TPSA) is 117 Å². The Kier molecular flexibility index (Phi) is 7.99. The zero-order valence-electron chi connectivity index (χ0n) is 21.5. The first-order valence-corrected chi connectivity index (χ1v) is 14.9. The van der Waals surface area contributed by atoms with Crippen LogP contribution in [0.4, 0.5) is 5.69 Å². The Morgan fingerprint density at radius 2 is 1.78 bits per heavy atom. The molecule has 0 aliphatic heterocycles. The summed E-state index contributed by atoms with van der Waals surface area (Å²) in [7, 11) is -4.36. The first-order chi connectivity index (χ1) is 17.6. The number of imidazole rings is 1. The van der Waals surface area contributed by atoms with Gasteiger partial charge in [-0.3, -0.25) is 13.9 Å². The summed E-state index contributed by atoms with van der Waals surface area (Å²) >= 11 is 1.58. The average Bonchev–Trinajstić information content (AvgIpc) is 3.48. The highest BCUT2D eigenvalue weighted by Crippen LogP contribution is 2.60. The van der Waals surface area contributed by atoms with Gasteiger partial charge < -0.3 is 15.1 Å². The van der Waals surface area contributed by atoms with Crippen molar-refractivity contribution >= 4 is 41.6 Å². The van der Waals surface area contributed by atoms with Crippen LogP contribution in [-0.4, -0.2) is 30.2 Å². The Morgan fingerprint density at radius 1 is 1.11 bits per heavy atom. The number of rotatable bonds is 10. The Hall–Kier alpha value is -2.84. The van der Waals surface area contributed by atoms with Crippen molar-refractivity contribution in [3.05, 3.63) is 71.0 Å². The Labute approximate surface area is 221 Å². The molecule has 2 heterocycles. The van der Waals surface area contributed by atoms with Crippen LogP contribution in [0.15, 0.2) is 54.9 Å². The molecule has 2 aromatic carbocycles. The number of thiazole rings is 1. The van der Waals surface area contributed by atoms with E-state index in [4.69, 9.17) is 4.98 Å². The molecule has 10 heteroatoms. The van der Waals surface area contributed by atoms with E-state index in [1.54, 1.807) is 55.8 Å². The predicted octanol–water partition coefficient (Wildman–Crippen LogP) is 6.37. The molecular weight excluding hydrogens is 507 g/mol. The summed E-state index contributed by atoms with van der Waals surface area (Å²) in [6.45, 7) is 7.76. The van der Waals surface area contributed by atoms with Gasteiger partial charge in [0.05, 0.1) is 21.9 Å². The van der Waals surface area contributed by atoms with Crippen LogP contribution in [0, 0.1) is 0 Å². The fourth-order valence-electron chi connectivity index (χ4n) is 4.75. The van der Waals surface area contributed by atoms with Crippen molar-refractivity contribution in [1.82, 2.24) is 14.5 Å². The second-order valence-corrected chi connectivity index (χ2v) is 12.5. The molecule has 0 atom stereocenters. The zero-order valence-corrected chi connectivity index (χ0v) is 23.2. The molecule has 1 amide bonds. The highest BCUT2D eigenvalue weighted by atomic mass is 32.1. The van der Waals surface area contributed by atoms with E-state index in [0.717, 1.165) is 26.7 Å². The molecule has 0 bridgehead atoms. The molecule has 4 aromatic rings. The van der Waals surface area contributed by atoms with Gasteiger partial charge in [0.25, 0.3) is 0 Å². The lowest BCUT2D eigenvalue weighted by atomic mass is 9.92. The number of anilines is 1. The third-order valence-electron chi connectivity index (χ3n) is 6.94. The van der Waals surface area contributed by atoms with Gasteiger partial charge in [0.1, 0.15) is 6.33 Å². The van der Waals surface area contributed by atoms with E-state index in [-0.39, 0.29) is 11.8 Å². The molecule has 0 unspecified atom stereocenters. The van der Waals surface area contributed by atoms with Gasteiger partial charge in [0.15, 0.2) is 5.13 Å². The van der Waals surface area contributed by atoms with Crippen molar-refractivity contribution in [3.63, 3.8) is 0 Å². The highest BCUT2D eigenvalue weighted by Gasteiger charge is 2.45. The molecule has 0 radical (unpaired) electrons. The summed E-state index contributed by atoms with van der Waals surface area (Å²) < 4.78 is 14.2. The van der Waals surface area contributed by atoms with Crippen LogP contribution >= 0.6 is 18.9 Å². The number of nitrogens with one attached hydrogen (secondary N) is 1. The number of benzene rings is 2. The number of amides is 1. The van der Waals surface area contributed by atoms with Crippen molar-refractivity contribution in [1.29, 1.82) is 0 Å². The second-order valence-electron chi connectivity index (χ2n) is 9.47. The standard InChI is InChI=1S/C27H33N4O4PS/c1-5-27(6-2,36(33,34)35)19-11-13-20(14-12-19)29-24(32)16-15-23-25(18(3)4)30-26(37-23)31-17-28-21-9-7-8-10-22(21)31/h7-14,17-18H,5-6,15-16H2,1-4H3,(H,29,32)(H2,33,34,35). The predicted molar refractivity (Wildman–Crippen MR) is 149 cm³/mol. The number of aryl methyl sites for hydroxylation is 1. The molecule has 0 saturated carbocycles. The van der Waals surface area contributed by atoms with Crippen molar-refractivity contribution in [2.75, 3.05) is 5.32 Å². The molecule has 0 aliphatic rings. The monoisotopic (exact) mass is 540 g/mol. The van der Waals surface area contributed by atoms with Gasteiger partial charge >= 0.3 is 7.60 Å². The SMILES string of the molecule is CCC(CC)(c1ccc(NC(=O)CCc2sc(-n3cnc4ccccc43)nc2C(C)C)cc1)P(=O)(O)O. The smallest absolute Gasteiger partial charge is 0.326 e. The van der Waals surface area contributed by atoms with Gasteiger partial charge in [-0.1, -0.05) is 52.0 Å². The van der Waals surface area contributed by atoms with E-state index in [0.29, 0.717) is 36.9 Å². The van der Waals surface area contributed by atoms with Gasteiger partial charge in [-0.05, 0) is 55.0 Å². The molecular formula is C27H33N4O4PS. The Morgan fingerprint density at radius 3 is 2.41 bits per heavy atom. The number of hydrogen-bond donors (Lipinski definition) is 3. The van der Waals surface area contributed by atoms with E-state index in [1.165, 1.54) is 0 Å². The van der Waals surface area contributed by atoms with Gasteiger partial charge in [-0.2, -0.15) is 0 Å². The molecule has 0 fully saturated rings. The second kappa shape index (κ2) is 10.9. The number of nitrogens with zero attached hydrogens (tertiary/aromatic N) is 3. The van der Waals surface area contributed by atoms with Crippen molar-refractivity contribution < 1.29 is 19.1 Å². The molecule has 0 saturated heterocycles. The maximum Gasteiger partial charge on any atom is 0.335 e. The zero-order chi connectivity index (χ0) is 26.8. The minimum atomic E-state index is -4.36. The first-order valence-electron chi connectivity index (χ1n) is 12.5. The molecule has 3 N–H and O–H groups in total. The van der Waals surface area contributed by atoms with E-state index in [9.17, 15) is 19.1 Å². The number of carbonyl (C=O) groups is 1. The summed E-state index contributed by atoms with van der Waals surface area (Å²) in [5.41, 5.74) is 4.07. The molecule has 0 spiro atoms. The van der Waals surface area contributed by atoms with Crippen LogP contribution in [0.1, 0.15) is 69.0 Å². The number of para-hydroxylation sites is 2. The Bertz CT molecular complexity index is 1430. The third kappa shape index (κ3) is 5.41. The third-order valence-corrected chi connectivity index (χ3v) is 10.1. The number of fused-ring (bicyclic) bond motifs is 1. The van der Waals surface area contributed by atoms with Gasteiger partial charge in [-0.15, -0.1) is 11.3 Å². The summed E-state index contributed by atoms with van der Waals surface area (Å²) in [6, 6.07) is 14.7. The fourth-order valence-corrected chi connectivity index (χ4v) is 7.26. The number of carbonyl (C=O) groups excluding carboxylic acids is 1. The highest BCUT2D eigenvalue weighted by molar-refractivity contribution is 7.53. The van der Waals surface area contributed by atoms with E-state index >= 15 is 0 Å². The molecule has 8 nitrogen and oxygen atoms in total. The number of hydrogen-bond acceptors (Lipinski definition) is 5. The van der Waals surface area contributed by atoms with Crippen molar-refractivity contribution in [3.8, 4) is 5.13 Å². The lowest BCUT2D eigenvalue weighted by Gasteiger charge is -2.33. The molecule has 4 rings (SSSR count). The summed E-state index contributed by atoms with van der Waals surface area (Å²) in [6.07, 6.45) is 3.29. The summed E-state index contributed by atoms with van der Waals surface area (Å²) in [4.78, 5) is 43.1. The van der Waals surface area contributed by atoms with Crippen molar-refractivity contribution in [2.45, 2.75) is 64.5 Å². The van der Waals surface area contributed by atoms with Crippen LogP contribution in [0.3, 0.4) is 0 Å². The molecule has 0 aliphatic carbocycles. The summed E-state index contributed by atoms with van der Waals surface area (Å²) in [5.74, 6) is 0.0922. The van der Waals surface area contributed by atoms with E-state index in [2.05, 4.69) is 24.1 Å². The average molecular weight is 541 g/mol. The fraction of sp³-hybridized carbons (Fsp3) is 0.370. The van der Waals surface area contributed by atoms with Crippen LogP contribution < -0.4 is 5.32 Å². The summed E-state index contributed by atoms with van der Waals surface area (Å²) in [5, 5.41) is 2.53. The lowest BCUT2D eigenvalue weighted by Crippen LogP contribution is -2.24. The minimum absolute atomic E-state index is 0.127. The van der Waals surface area contributed by atoms with Gasteiger partial charge in [-0.25, -0.2) is 9.97 Å². The molecule has 37 heavy (non-hydrogen) atoms. The van der Waals surface area contributed by atoms with Gasteiger partial charge in [0.2, 0.25) is 5.91 Å². The first kappa shape index (κ1) is 27.2. The minimum Gasteiger partial charge on any atom is -0.326 e. The molecule has 196 valence electrons. The van der Waals surface area contributed by atoms with E-state index in [1.807, 2.05) is 28.8 Å². The molecule has 2 aromatic heterocycles. The van der Waals surface area contributed by atoms with E-state index < -0.39 is 12.8 Å². The van der Waals surface area contributed by atoms with Crippen LogP contribution in [-0.2, 0) is 20.9 Å². The maximum absolute atomic E-state index is 12.8. The Balaban J connectivity index is 1.47. The maximum atomic E-state index is 12.8. The quantitative estimate of drug-likeness (QED) is 0.201. The number of aromatic nitrogens is 3. The van der Waals surface area contributed by atoms with Crippen LogP contribution in [0.5, 0.6) is 0 Å². The largest absolute Gasteiger partial charge is 0.335 e. The van der Waals surface area contributed by atoms with Crippen LogP contribution in [0.2, 0.25) is 0 Å². The normalized spacial score (nSPS) is 12.4. The van der Waals surface area contributed by atoms with Crippen LogP contribution in [0.25, 0.3) is 16.2 Å². The van der Waals surface area contributed by atoms with Crippen molar-refractivity contribution in [2.24, 2.45) is 0 Å². The van der Waals surface area contributed by atoms with Gasteiger partial charge in [0, 0.05) is 17.0 Å². The lowest BCUT2D eigenvalue weighted by molar-refractivity contribution is -0.116.